The molecule has 18 heavy (non-hydrogen) atoms. The molecule has 0 spiro atoms. The van der Waals surface area contributed by atoms with Crippen molar-refractivity contribution in [2.24, 2.45) is 0 Å². The number of urea groups is 1. The van der Waals surface area contributed by atoms with Crippen molar-refractivity contribution < 1.29 is 19.1 Å². The lowest BCUT2D eigenvalue weighted by molar-refractivity contribution is 0.0660. The average molecular weight is 268 g/mol. The third-order valence-electron chi connectivity index (χ3n) is 1.88. The van der Waals surface area contributed by atoms with Gasteiger partial charge in [-0.15, -0.1) is 10.2 Å². The Morgan fingerprint density at radius 1 is 1.44 bits per heavy atom. The topological polar surface area (TPSA) is 117 Å². The van der Waals surface area contributed by atoms with Crippen LogP contribution in [0.15, 0.2) is 22.1 Å². The number of nitrogens with zero attached hydrogens (tertiary/aromatic N) is 2. The molecule has 0 unspecified atom stereocenters. The third kappa shape index (κ3) is 3.04. The maximum Gasteiger partial charge on any atom is 0.371 e. The number of carboxylic acids is 1. The normalized spacial score (nSPS) is 10.0. The summed E-state index contributed by atoms with van der Waals surface area (Å²) in [7, 11) is 0. The standard InChI is InChI=1S/C9H8N4O4S/c14-7(15)6-2-1-5(17-6)3-10-8(16)12-9-13-11-4-18-9/h1-2,4H,3H2,(H,14,15)(H2,10,12,13,16). The molecule has 94 valence electrons. The van der Waals surface area contributed by atoms with Crippen LogP contribution >= 0.6 is 11.3 Å². The van der Waals surface area contributed by atoms with Crippen molar-refractivity contribution in [2.45, 2.75) is 6.54 Å². The van der Waals surface area contributed by atoms with Gasteiger partial charge < -0.3 is 14.8 Å². The predicted octanol–water partition coefficient (Wildman–Crippen LogP) is 1.15. The van der Waals surface area contributed by atoms with Gasteiger partial charge in [0.15, 0.2) is 0 Å². The maximum absolute atomic E-state index is 11.4. The summed E-state index contributed by atoms with van der Waals surface area (Å²) in [5.41, 5.74) is 1.49. The second-order valence-electron chi connectivity index (χ2n) is 3.12. The molecule has 2 amide bonds. The first-order chi connectivity index (χ1) is 8.65. The lowest BCUT2D eigenvalue weighted by atomic mass is 10.4. The number of nitrogens with one attached hydrogen (secondary N) is 2. The number of rotatable bonds is 4. The van der Waals surface area contributed by atoms with E-state index in [4.69, 9.17) is 9.52 Å². The molecule has 2 aromatic heterocycles. The largest absolute Gasteiger partial charge is 0.475 e. The SMILES string of the molecule is O=C(NCc1ccc(C(=O)O)o1)Nc1nncs1. The highest BCUT2D eigenvalue weighted by Crippen LogP contribution is 2.09. The maximum atomic E-state index is 11.4. The minimum Gasteiger partial charge on any atom is -0.475 e. The Morgan fingerprint density at radius 2 is 2.28 bits per heavy atom. The smallest absolute Gasteiger partial charge is 0.371 e. The molecule has 0 aliphatic rings. The van der Waals surface area contributed by atoms with Crippen molar-refractivity contribution in [3.63, 3.8) is 0 Å². The minimum absolute atomic E-state index is 0.0813. The van der Waals surface area contributed by atoms with Gasteiger partial charge in [-0.05, 0) is 12.1 Å². The Morgan fingerprint density at radius 3 is 2.89 bits per heavy atom. The number of amides is 2. The van der Waals surface area contributed by atoms with E-state index in [9.17, 15) is 9.59 Å². The van der Waals surface area contributed by atoms with Gasteiger partial charge in [-0.2, -0.15) is 0 Å². The number of aromatic nitrogens is 2. The summed E-state index contributed by atoms with van der Waals surface area (Å²) in [5.74, 6) is -0.976. The fourth-order valence-electron chi connectivity index (χ4n) is 1.12. The van der Waals surface area contributed by atoms with Crippen LogP contribution in [-0.2, 0) is 6.54 Å². The number of furan rings is 1. The van der Waals surface area contributed by atoms with Crippen molar-refractivity contribution in [3.8, 4) is 0 Å². The molecule has 2 heterocycles. The molecule has 3 N–H and O–H groups in total. The lowest BCUT2D eigenvalue weighted by Gasteiger charge is -2.02. The first-order valence-corrected chi connectivity index (χ1v) is 5.66. The number of carboxylic acid groups (broad SMARTS) is 1. The molecule has 0 aliphatic carbocycles. The Labute approximate surface area is 105 Å². The highest BCUT2D eigenvalue weighted by atomic mass is 32.1. The molecular weight excluding hydrogens is 260 g/mol. The van der Waals surface area contributed by atoms with E-state index in [-0.39, 0.29) is 12.3 Å². The van der Waals surface area contributed by atoms with Crippen LogP contribution in [0.4, 0.5) is 9.93 Å². The molecule has 2 aromatic rings. The summed E-state index contributed by atoms with van der Waals surface area (Å²) < 4.78 is 4.96. The summed E-state index contributed by atoms with van der Waals surface area (Å²) in [6.07, 6.45) is 0. The van der Waals surface area contributed by atoms with Gasteiger partial charge in [-0.25, -0.2) is 9.59 Å². The van der Waals surface area contributed by atoms with Gasteiger partial charge >= 0.3 is 12.0 Å². The van der Waals surface area contributed by atoms with Crippen LogP contribution < -0.4 is 10.6 Å². The number of carbonyl (C=O) groups excluding carboxylic acids is 1. The molecule has 0 fully saturated rings. The Kier molecular flexibility index (Phi) is 3.53. The molecule has 0 bridgehead atoms. The fourth-order valence-corrected chi connectivity index (χ4v) is 1.56. The van der Waals surface area contributed by atoms with Crippen LogP contribution in [0.3, 0.4) is 0 Å². The monoisotopic (exact) mass is 268 g/mol. The third-order valence-corrected chi connectivity index (χ3v) is 2.48. The van der Waals surface area contributed by atoms with E-state index < -0.39 is 12.0 Å². The zero-order valence-electron chi connectivity index (χ0n) is 8.91. The van der Waals surface area contributed by atoms with Crippen molar-refractivity contribution in [2.75, 3.05) is 5.32 Å². The number of hydrogen-bond acceptors (Lipinski definition) is 6. The summed E-state index contributed by atoms with van der Waals surface area (Å²) in [4.78, 5) is 21.9. The molecule has 0 aromatic carbocycles. The van der Waals surface area contributed by atoms with E-state index in [0.29, 0.717) is 10.9 Å². The van der Waals surface area contributed by atoms with E-state index in [1.807, 2.05) is 0 Å². The number of hydrogen-bond donors (Lipinski definition) is 3. The summed E-state index contributed by atoms with van der Waals surface area (Å²) in [5, 5.41) is 21.2. The number of aromatic carboxylic acids is 1. The Balaban J connectivity index is 1.83. The van der Waals surface area contributed by atoms with Gasteiger partial charge in [0.2, 0.25) is 10.9 Å². The van der Waals surface area contributed by atoms with E-state index in [0.717, 1.165) is 0 Å². The van der Waals surface area contributed by atoms with Crippen molar-refractivity contribution in [1.82, 2.24) is 15.5 Å². The predicted molar refractivity (Wildman–Crippen MR) is 61.4 cm³/mol. The van der Waals surface area contributed by atoms with Gasteiger partial charge in [0.05, 0.1) is 6.54 Å². The summed E-state index contributed by atoms with van der Waals surface area (Å²) in [6.45, 7) is 0.0813. The van der Waals surface area contributed by atoms with E-state index >= 15 is 0 Å². The van der Waals surface area contributed by atoms with E-state index in [1.54, 1.807) is 0 Å². The van der Waals surface area contributed by atoms with Crippen LogP contribution in [0.25, 0.3) is 0 Å². The Hall–Kier alpha value is -2.42. The molecule has 9 heteroatoms. The molecule has 0 saturated carbocycles. The summed E-state index contributed by atoms with van der Waals surface area (Å²) in [6, 6.07) is 2.33. The fraction of sp³-hybridized carbons (Fsp3) is 0.111. The highest BCUT2D eigenvalue weighted by molar-refractivity contribution is 7.13. The first-order valence-electron chi connectivity index (χ1n) is 4.78. The Bertz CT molecular complexity index is 551. The van der Waals surface area contributed by atoms with Crippen LogP contribution in [-0.4, -0.2) is 27.3 Å². The molecular formula is C9H8N4O4S. The first kappa shape index (κ1) is 12.0. The second kappa shape index (κ2) is 5.27. The zero-order chi connectivity index (χ0) is 13.0. The minimum atomic E-state index is -1.15. The van der Waals surface area contributed by atoms with Crippen LogP contribution in [0, 0.1) is 0 Å². The second-order valence-corrected chi connectivity index (χ2v) is 3.96. The van der Waals surface area contributed by atoms with Gasteiger partial charge in [0.25, 0.3) is 0 Å². The van der Waals surface area contributed by atoms with Crippen molar-refractivity contribution >= 4 is 28.5 Å². The van der Waals surface area contributed by atoms with Gasteiger partial charge in [0, 0.05) is 0 Å². The molecule has 8 nitrogen and oxygen atoms in total. The van der Waals surface area contributed by atoms with Crippen molar-refractivity contribution in [1.29, 1.82) is 0 Å². The van der Waals surface area contributed by atoms with Crippen LogP contribution in [0.5, 0.6) is 0 Å². The average Bonchev–Trinajstić information content (AvgIpc) is 2.96. The van der Waals surface area contributed by atoms with Crippen molar-refractivity contribution in [3.05, 3.63) is 29.2 Å². The lowest BCUT2D eigenvalue weighted by Crippen LogP contribution is -2.27. The van der Waals surface area contributed by atoms with Crippen LogP contribution in [0.1, 0.15) is 16.3 Å². The molecule has 2 rings (SSSR count). The van der Waals surface area contributed by atoms with Gasteiger partial charge in [0.1, 0.15) is 11.3 Å². The van der Waals surface area contributed by atoms with Gasteiger partial charge in [-0.1, -0.05) is 11.3 Å². The van der Waals surface area contributed by atoms with Gasteiger partial charge in [-0.3, -0.25) is 5.32 Å². The molecule has 0 saturated heterocycles. The molecule has 0 radical (unpaired) electrons. The number of anilines is 1. The highest BCUT2D eigenvalue weighted by Gasteiger charge is 2.10. The quantitative estimate of drug-likeness (QED) is 0.765. The molecule has 0 atom stereocenters. The van der Waals surface area contributed by atoms with E-state index in [1.165, 1.54) is 29.0 Å². The zero-order valence-corrected chi connectivity index (χ0v) is 9.73. The number of carbonyl (C=O) groups is 2. The van der Waals surface area contributed by atoms with Crippen LogP contribution in [0.2, 0.25) is 0 Å². The van der Waals surface area contributed by atoms with E-state index in [2.05, 4.69) is 20.8 Å². The molecule has 0 aliphatic heterocycles. The summed E-state index contributed by atoms with van der Waals surface area (Å²) >= 11 is 1.19.